The first-order chi connectivity index (χ1) is 9.83. The van der Waals surface area contributed by atoms with Crippen molar-refractivity contribution in [3.8, 4) is 11.3 Å². The summed E-state index contributed by atoms with van der Waals surface area (Å²) in [6.07, 6.45) is 3.48. The number of hydrazone groups is 1. The van der Waals surface area contributed by atoms with Gasteiger partial charge in [-0.2, -0.15) is 10.2 Å². The number of nitrogens with zero attached hydrogens (tertiary/aromatic N) is 3. The second-order valence-corrected chi connectivity index (χ2v) is 4.52. The van der Waals surface area contributed by atoms with Crippen LogP contribution in [0.1, 0.15) is 5.56 Å². The Morgan fingerprint density at radius 3 is 2.75 bits per heavy atom. The van der Waals surface area contributed by atoms with E-state index in [1.54, 1.807) is 24.5 Å². The Morgan fingerprint density at radius 2 is 2.00 bits per heavy atom. The van der Waals surface area contributed by atoms with Crippen LogP contribution in [0.3, 0.4) is 0 Å². The molecule has 0 unspecified atom stereocenters. The minimum absolute atomic E-state index is 0.253. The normalized spacial score (nSPS) is 15.9. The topological polar surface area (TPSA) is 53.5 Å². The molecule has 0 bridgehead atoms. The van der Waals surface area contributed by atoms with Gasteiger partial charge in [-0.05, 0) is 24.3 Å². The van der Waals surface area contributed by atoms with E-state index in [0.29, 0.717) is 13.2 Å². The van der Waals surface area contributed by atoms with Gasteiger partial charge in [-0.1, -0.05) is 0 Å². The molecular weight excluding hydrogens is 259 g/mol. The van der Waals surface area contributed by atoms with Gasteiger partial charge < -0.3 is 4.74 Å². The first-order valence-electron chi connectivity index (χ1n) is 6.49. The summed E-state index contributed by atoms with van der Waals surface area (Å²) in [7, 11) is 0. The summed E-state index contributed by atoms with van der Waals surface area (Å²) in [5, 5.41) is 13.3. The Morgan fingerprint density at radius 1 is 1.25 bits per heavy atom. The van der Waals surface area contributed by atoms with Crippen LogP contribution in [0.2, 0.25) is 0 Å². The van der Waals surface area contributed by atoms with E-state index < -0.39 is 0 Å². The zero-order valence-corrected chi connectivity index (χ0v) is 10.9. The van der Waals surface area contributed by atoms with Crippen LogP contribution >= 0.6 is 0 Å². The predicted molar refractivity (Wildman–Crippen MR) is 74.0 cm³/mol. The summed E-state index contributed by atoms with van der Waals surface area (Å²) in [6, 6.07) is 6.29. The summed E-state index contributed by atoms with van der Waals surface area (Å²) in [4.78, 5) is 0. The first-order valence-corrected chi connectivity index (χ1v) is 6.49. The molecule has 6 heteroatoms. The summed E-state index contributed by atoms with van der Waals surface area (Å²) >= 11 is 0. The minimum atomic E-state index is -0.253. The summed E-state index contributed by atoms with van der Waals surface area (Å²) in [5.74, 6) is -0.253. The molecule has 0 radical (unpaired) electrons. The van der Waals surface area contributed by atoms with Gasteiger partial charge >= 0.3 is 0 Å². The summed E-state index contributed by atoms with van der Waals surface area (Å²) in [5.41, 5.74) is 2.59. The first kappa shape index (κ1) is 12.8. The predicted octanol–water partition coefficient (Wildman–Crippen LogP) is 1.88. The molecule has 1 aliphatic rings. The van der Waals surface area contributed by atoms with E-state index in [0.717, 1.165) is 29.9 Å². The number of hydrogen-bond acceptors (Lipinski definition) is 4. The number of morpholine rings is 1. The zero-order chi connectivity index (χ0) is 13.8. The second kappa shape index (κ2) is 5.83. The number of benzene rings is 1. The van der Waals surface area contributed by atoms with E-state index in [4.69, 9.17) is 4.74 Å². The molecule has 1 N–H and O–H groups in total. The van der Waals surface area contributed by atoms with Crippen LogP contribution < -0.4 is 0 Å². The largest absolute Gasteiger partial charge is 0.378 e. The van der Waals surface area contributed by atoms with Crippen LogP contribution in [0.25, 0.3) is 11.3 Å². The molecule has 3 rings (SSSR count). The monoisotopic (exact) mass is 274 g/mol. The Labute approximate surface area is 116 Å². The Bertz CT molecular complexity index is 587. The molecule has 2 heterocycles. The molecule has 1 aliphatic heterocycles. The molecule has 0 spiro atoms. The molecule has 5 nitrogen and oxygen atoms in total. The van der Waals surface area contributed by atoms with Crippen molar-refractivity contribution >= 4 is 6.21 Å². The minimum Gasteiger partial charge on any atom is -0.378 e. The Hall–Kier alpha value is -2.21. The van der Waals surface area contributed by atoms with Crippen molar-refractivity contribution in [2.75, 3.05) is 26.3 Å². The van der Waals surface area contributed by atoms with E-state index in [1.807, 2.05) is 5.01 Å². The van der Waals surface area contributed by atoms with Crippen molar-refractivity contribution in [1.29, 1.82) is 0 Å². The fraction of sp³-hybridized carbons (Fsp3) is 0.286. The van der Waals surface area contributed by atoms with Gasteiger partial charge in [-0.25, -0.2) is 4.39 Å². The van der Waals surface area contributed by atoms with E-state index in [9.17, 15) is 4.39 Å². The van der Waals surface area contributed by atoms with Crippen molar-refractivity contribution in [1.82, 2.24) is 15.2 Å². The van der Waals surface area contributed by atoms with Crippen LogP contribution in [-0.4, -0.2) is 47.7 Å². The number of aromatic amines is 1. The van der Waals surface area contributed by atoms with Gasteiger partial charge in [0.15, 0.2) is 0 Å². The second-order valence-electron chi connectivity index (χ2n) is 4.52. The van der Waals surface area contributed by atoms with Gasteiger partial charge in [0.25, 0.3) is 0 Å². The quantitative estimate of drug-likeness (QED) is 0.869. The van der Waals surface area contributed by atoms with Gasteiger partial charge in [0, 0.05) is 11.1 Å². The Balaban J connectivity index is 1.79. The summed E-state index contributed by atoms with van der Waals surface area (Å²) in [6.45, 7) is 2.99. The summed E-state index contributed by atoms with van der Waals surface area (Å²) < 4.78 is 18.2. The highest BCUT2D eigenvalue weighted by molar-refractivity contribution is 5.88. The number of halogens is 1. The molecular formula is C14H15FN4O. The number of aromatic nitrogens is 2. The lowest BCUT2D eigenvalue weighted by atomic mass is 10.1. The van der Waals surface area contributed by atoms with Crippen molar-refractivity contribution in [2.24, 2.45) is 5.10 Å². The molecule has 1 saturated heterocycles. The highest BCUT2D eigenvalue weighted by atomic mass is 19.1. The van der Waals surface area contributed by atoms with Gasteiger partial charge in [-0.3, -0.25) is 10.1 Å². The molecule has 1 aromatic heterocycles. The SMILES string of the molecule is Fc1ccc(-c2[nH]ncc2C=NN2CCOCC2)cc1. The average Bonchev–Trinajstić information content (AvgIpc) is 2.95. The van der Waals surface area contributed by atoms with Gasteiger partial charge in [0.05, 0.1) is 44.4 Å². The average molecular weight is 274 g/mol. The smallest absolute Gasteiger partial charge is 0.123 e. The van der Waals surface area contributed by atoms with E-state index in [2.05, 4.69) is 15.3 Å². The molecule has 0 saturated carbocycles. The maximum Gasteiger partial charge on any atom is 0.123 e. The van der Waals surface area contributed by atoms with Crippen LogP contribution in [0, 0.1) is 5.82 Å². The molecule has 0 aliphatic carbocycles. The fourth-order valence-electron chi connectivity index (χ4n) is 2.05. The maximum atomic E-state index is 12.9. The maximum absolute atomic E-state index is 12.9. The number of ether oxygens (including phenoxy) is 1. The lowest BCUT2D eigenvalue weighted by molar-refractivity contribution is 0.0397. The van der Waals surface area contributed by atoms with Crippen LogP contribution in [0.4, 0.5) is 4.39 Å². The zero-order valence-electron chi connectivity index (χ0n) is 10.9. The number of H-pyrrole nitrogens is 1. The van der Waals surface area contributed by atoms with Gasteiger partial charge in [0.1, 0.15) is 5.82 Å². The van der Waals surface area contributed by atoms with E-state index in [-0.39, 0.29) is 5.82 Å². The number of rotatable bonds is 3. The van der Waals surface area contributed by atoms with Crippen molar-refractivity contribution < 1.29 is 9.13 Å². The molecule has 20 heavy (non-hydrogen) atoms. The standard InChI is InChI=1S/C14H15FN4O/c15-13-3-1-11(2-4-13)14-12(9-16-18-14)10-17-19-5-7-20-8-6-19/h1-4,9-10H,5-8H2,(H,16,18). The molecule has 1 aromatic carbocycles. The Kier molecular flexibility index (Phi) is 3.73. The molecule has 1 fully saturated rings. The van der Waals surface area contributed by atoms with Crippen LogP contribution in [0.5, 0.6) is 0 Å². The molecule has 104 valence electrons. The van der Waals surface area contributed by atoms with Crippen molar-refractivity contribution in [3.63, 3.8) is 0 Å². The third-order valence-corrected chi connectivity index (χ3v) is 3.15. The highest BCUT2D eigenvalue weighted by Crippen LogP contribution is 2.20. The van der Waals surface area contributed by atoms with Crippen molar-refractivity contribution in [3.05, 3.63) is 41.8 Å². The lowest BCUT2D eigenvalue weighted by Crippen LogP contribution is -2.32. The third kappa shape index (κ3) is 2.85. The van der Waals surface area contributed by atoms with Gasteiger partial charge in [-0.15, -0.1) is 0 Å². The molecule has 0 atom stereocenters. The molecule has 0 amide bonds. The number of hydrogen-bond donors (Lipinski definition) is 1. The van der Waals surface area contributed by atoms with E-state index in [1.165, 1.54) is 12.1 Å². The molecule has 2 aromatic rings. The van der Waals surface area contributed by atoms with Gasteiger partial charge in [0.2, 0.25) is 0 Å². The van der Waals surface area contributed by atoms with Crippen molar-refractivity contribution in [2.45, 2.75) is 0 Å². The van der Waals surface area contributed by atoms with Crippen LogP contribution in [-0.2, 0) is 4.74 Å². The lowest BCUT2D eigenvalue weighted by Gasteiger charge is -2.23. The fourth-order valence-corrected chi connectivity index (χ4v) is 2.05. The third-order valence-electron chi connectivity index (χ3n) is 3.15. The van der Waals surface area contributed by atoms with Crippen LogP contribution in [0.15, 0.2) is 35.6 Å². The highest BCUT2D eigenvalue weighted by Gasteiger charge is 2.09. The van der Waals surface area contributed by atoms with E-state index >= 15 is 0 Å². The number of nitrogens with one attached hydrogen (secondary N) is 1.